The smallest absolute Gasteiger partial charge is 0.306 e. The molecule has 0 aliphatic heterocycles. The fourth-order valence-electron chi connectivity index (χ4n) is 11.2. The second kappa shape index (κ2) is 15.7. The highest BCUT2D eigenvalue weighted by Crippen LogP contribution is 2.68. The molecule has 0 aromatic heterocycles. The van der Waals surface area contributed by atoms with Gasteiger partial charge in [0.15, 0.2) is 0 Å². The maximum Gasteiger partial charge on any atom is 0.306 e. The zero-order valence-corrected chi connectivity index (χ0v) is 29.4. The summed E-state index contributed by atoms with van der Waals surface area (Å²) in [6, 6.07) is 0. The Morgan fingerprint density at radius 2 is 1.38 bits per heavy atom. The predicted octanol–water partition coefficient (Wildman–Crippen LogP) is 12.2. The van der Waals surface area contributed by atoms with Crippen LogP contribution in [0.4, 0.5) is 0 Å². The summed E-state index contributed by atoms with van der Waals surface area (Å²) >= 11 is 0. The van der Waals surface area contributed by atoms with Gasteiger partial charge in [-0.3, -0.25) is 4.79 Å². The van der Waals surface area contributed by atoms with Crippen molar-refractivity contribution in [2.24, 2.45) is 58.2 Å². The average molecular weight is 585 g/mol. The third-order valence-corrected chi connectivity index (χ3v) is 14.4. The lowest BCUT2D eigenvalue weighted by atomic mass is 9.44. The van der Waals surface area contributed by atoms with Crippen molar-refractivity contribution in [3.8, 4) is 0 Å². The summed E-state index contributed by atoms with van der Waals surface area (Å²) in [7, 11) is 0. The highest BCUT2D eigenvalue weighted by molar-refractivity contribution is 5.69. The Morgan fingerprint density at radius 1 is 0.738 bits per heavy atom. The topological polar surface area (TPSA) is 26.3 Å². The third-order valence-electron chi connectivity index (χ3n) is 14.4. The van der Waals surface area contributed by atoms with Crippen molar-refractivity contribution in [1.82, 2.24) is 0 Å². The molecule has 0 aromatic rings. The summed E-state index contributed by atoms with van der Waals surface area (Å²) in [5.74, 6) is 7.14. The number of carbonyl (C=O) groups is 1. The Labute approximate surface area is 262 Å². The molecule has 2 nitrogen and oxygen atoms in total. The molecular formula is C40H72O2. The van der Waals surface area contributed by atoms with Gasteiger partial charge in [0.25, 0.3) is 0 Å². The maximum atomic E-state index is 12.7. The normalized spacial score (nSPS) is 37.5. The number of carbonyl (C=O) groups excluding carboxylic acids is 1. The van der Waals surface area contributed by atoms with Crippen LogP contribution < -0.4 is 0 Å². The maximum absolute atomic E-state index is 12.7. The van der Waals surface area contributed by atoms with Gasteiger partial charge < -0.3 is 4.74 Å². The Balaban J connectivity index is 1.22. The highest BCUT2D eigenvalue weighted by atomic mass is 16.5. The molecule has 4 fully saturated rings. The van der Waals surface area contributed by atoms with Gasteiger partial charge in [-0.25, -0.2) is 0 Å². The van der Waals surface area contributed by atoms with E-state index in [9.17, 15) is 4.79 Å². The summed E-state index contributed by atoms with van der Waals surface area (Å²) in [4.78, 5) is 12.7. The van der Waals surface area contributed by atoms with Crippen molar-refractivity contribution >= 4 is 5.97 Å². The monoisotopic (exact) mass is 585 g/mol. The number of hydrogen-bond acceptors (Lipinski definition) is 2. The van der Waals surface area contributed by atoms with E-state index in [0.29, 0.717) is 17.3 Å². The molecule has 4 aliphatic carbocycles. The van der Waals surface area contributed by atoms with Crippen molar-refractivity contribution in [1.29, 1.82) is 0 Å². The van der Waals surface area contributed by atoms with E-state index < -0.39 is 0 Å². The number of rotatable bonds is 16. The number of unbranched alkanes of at least 4 members (excludes halogenated alkanes) is 8. The minimum absolute atomic E-state index is 0.0857. The third kappa shape index (κ3) is 8.00. The van der Waals surface area contributed by atoms with Crippen LogP contribution in [0.2, 0.25) is 0 Å². The zero-order chi connectivity index (χ0) is 30.3. The van der Waals surface area contributed by atoms with E-state index in [1.165, 1.54) is 109 Å². The Kier molecular flexibility index (Phi) is 12.8. The predicted molar refractivity (Wildman–Crippen MR) is 179 cm³/mol. The summed E-state index contributed by atoms with van der Waals surface area (Å²) < 4.78 is 6.13. The molecule has 0 unspecified atom stereocenters. The molecule has 0 saturated heterocycles. The highest BCUT2D eigenvalue weighted by Gasteiger charge is 2.60. The molecule has 42 heavy (non-hydrogen) atoms. The van der Waals surface area contributed by atoms with Crippen LogP contribution in [0.25, 0.3) is 0 Å². The summed E-state index contributed by atoms with van der Waals surface area (Å²) in [6.45, 7) is 17.5. The average Bonchev–Trinajstić information content (AvgIpc) is 3.32. The van der Waals surface area contributed by atoms with Gasteiger partial charge in [-0.2, -0.15) is 0 Å². The summed E-state index contributed by atoms with van der Waals surface area (Å²) in [5.41, 5.74) is 1.05. The minimum atomic E-state index is 0.0857. The van der Waals surface area contributed by atoms with Crippen LogP contribution in [-0.2, 0) is 9.53 Å². The lowest BCUT2D eigenvalue weighted by molar-refractivity contribution is -0.162. The summed E-state index contributed by atoms with van der Waals surface area (Å²) in [6.07, 6.45) is 27.6. The van der Waals surface area contributed by atoms with Crippen LogP contribution in [0, 0.1) is 58.2 Å². The van der Waals surface area contributed by atoms with Gasteiger partial charge in [-0.15, -0.1) is 0 Å². The Hall–Kier alpha value is -0.530. The molecular weight excluding hydrogens is 512 g/mol. The van der Waals surface area contributed by atoms with Gasteiger partial charge in [0.1, 0.15) is 6.10 Å². The van der Waals surface area contributed by atoms with Crippen molar-refractivity contribution in [3.05, 3.63) is 0 Å². The van der Waals surface area contributed by atoms with Crippen molar-refractivity contribution < 1.29 is 9.53 Å². The second-order valence-electron chi connectivity index (χ2n) is 17.1. The number of hydrogen-bond donors (Lipinski definition) is 0. The Morgan fingerprint density at radius 3 is 2.07 bits per heavy atom. The molecule has 0 aromatic carbocycles. The van der Waals surface area contributed by atoms with Crippen molar-refractivity contribution in [2.75, 3.05) is 0 Å². The molecule has 244 valence electrons. The lowest BCUT2D eigenvalue weighted by Gasteiger charge is -2.61. The molecule has 4 saturated carbocycles. The van der Waals surface area contributed by atoms with Gasteiger partial charge in [-0.1, -0.05) is 113 Å². The quantitative estimate of drug-likeness (QED) is 0.133. The number of fused-ring (bicyclic) bond motifs is 5. The first-order valence-electron chi connectivity index (χ1n) is 19.3. The van der Waals surface area contributed by atoms with E-state index in [1.54, 1.807) is 0 Å². The Bertz CT molecular complexity index is 818. The van der Waals surface area contributed by atoms with Gasteiger partial charge in [0.05, 0.1) is 0 Å². The van der Waals surface area contributed by atoms with Gasteiger partial charge in [-0.05, 0) is 122 Å². The number of ether oxygens (including phenoxy) is 1. The van der Waals surface area contributed by atoms with Crippen LogP contribution in [0.1, 0.15) is 183 Å². The van der Waals surface area contributed by atoms with E-state index in [2.05, 4.69) is 48.5 Å². The summed E-state index contributed by atoms with van der Waals surface area (Å²) in [5, 5.41) is 0. The molecule has 0 spiro atoms. The zero-order valence-electron chi connectivity index (χ0n) is 29.4. The van der Waals surface area contributed by atoms with Gasteiger partial charge in [0.2, 0.25) is 0 Å². The standard InChI is InChI=1S/C40H72O2/c1-8-9-10-11-12-13-14-15-16-17-38(41)42-33-24-26-39(6)32(28-33)20-21-34-36-23-22-35(40(36,7)27-25-37(34)39)31(5)19-18-30(4)29(2)3/h29-37H,8-28H2,1-7H3/t30-,31+,32-,33-,34-,35+,36-,37-,39-,40+/m0/s1. The SMILES string of the molecule is CCCCCCCCCCCC(=O)O[C@H]1CC[C@@]2(C)[C@@H](CC[C@@H]3[C@@H]2CC[C@]2(C)[C@@H]([C@H](C)CC[C@H](C)C(C)C)CC[C@@H]32)C1. The van der Waals surface area contributed by atoms with E-state index in [-0.39, 0.29) is 12.1 Å². The van der Waals surface area contributed by atoms with Crippen LogP contribution in [0.3, 0.4) is 0 Å². The van der Waals surface area contributed by atoms with Gasteiger partial charge >= 0.3 is 5.97 Å². The molecule has 10 atom stereocenters. The van der Waals surface area contributed by atoms with Gasteiger partial charge in [0, 0.05) is 6.42 Å². The minimum Gasteiger partial charge on any atom is -0.462 e. The fourth-order valence-corrected chi connectivity index (χ4v) is 11.2. The van der Waals surface area contributed by atoms with E-state index >= 15 is 0 Å². The first-order valence-corrected chi connectivity index (χ1v) is 19.3. The fraction of sp³-hybridized carbons (Fsp3) is 0.975. The van der Waals surface area contributed by atoms with Crippen LogP contribution in [0.15, 0.2) is 0 Å². The van der Waals surface area contributed by atoms with E-state index in [0.717, 1.165) is 66.6 Å². The molecule has 0 N–H and O–H groups in total. The first kappa shape index (κ1) is 34.3. The largest absolute Gasteiger partial charge is 0.462 e. The van der Waals surface area contributed by atoms with Crippen LogP contribution in [-0.4, -0.2) is 12.1 Å². The first-order chi connectivity index (χ1) is 20.1. The van der Waals surface area contributed by atoms with Crippen molar-refractivity contribution in [3.63, 3.8) is 0 Å². The van der Waals surface area contributed by atoms with E-state index in [1.807, 2.05) is 0 Å². The van der Waals surface area contributed by atoms with E-state index in [4.69, 9.17) is 4.74 Å². The molecule has 0 bridgehead atoms. The number of esters is 1. The second-order valence-corrected chi connectivity index (χ2v) is 17.1. The van der Waals surface area contributed by atoms with Crippen LogP contribution in [0.5, 0.6) is 0 Å². The van der Waals surface area contributed by atoms with Crippen LogP contribution >= 0.6 is 0 Å². The molecule has 0 radical (unpaired) electrons. The lowest BCUT2D eigenvalue weighted by Crippen LogP contribution is -2.54. The molecule has 2 heteroatoms. The molecule has 4 aliphatic rings. The molecule has 0 heterocycles. The molecule has 0 amide bonds. The van der Waals surface area contributed by atoms with Crippen molar-refractivity contribution in [2.45, 2.75) is 189 Å². The molecule has 4 rings (SSSR count).